The number of amides is 1. The number of nitrogens with zero attached hydrogens (tertiary/aromatic N) is 3. The second kappa shape index (κ2) is 6.83. The number of thioether (sulfide) groups is 1. The molecule has 0 spiro atoms. The van der Waals surface area contributed by atoms with Crippen molar-refractivity contribution in [2.24, 2.45) is 0 Å². The molecule has 11 heteroatoms. The number of aryl methyl sites for hydroxylation is 1. The Bertz CT molecular complexity index is 1030. The first-order valence-electron chi connectivity index (χ1n) is 7.29. The monoisotopic (exact) mass is 383 g/mol. The van der Waals surface area contributed by atoms with Crippen LogP contribution in [0.2, 0.25) is 0 Å². The molecule has 136 valence electrons. The van der Waals surface area contributed by atoms with Gasteiger partial charge >= 0.3 is 6.18 Å². The third-order valence-electron chi connectivity index (χ3n) is 3.37. The van der Waals surface area contributed by atoms with Gasteiger partial charge < -0.3 is 5.32 Å². The van der Waals surface area contributed by atoms with Crippen LogP contribution < -0.4 is 10.9 Å². The largest absolute Gasteiger partial charge is 0.416 e. The van der Waals surface area contributed by atoms with Gasteiger partial charge in [-0.3, -0.25) is 19.0 Å². The highest BCUT2D eigenvalue weighted by Gasteiger charge is 2.30. The highest BCUT2D eigenvalue weighted by Crippen LogP contribution is 2.30. The van der Waals surface area contributed by atoms with Crippen LogP contribution in [-0.2, 0) is 11.0 Å². The zero-order chi connectivity index (χ0) is 18.9. The van der Waals surface area contributed by atoms with Gasteiger partial charge in [0.2, 0.25) is 11.7 Å². The number of alkyl halides is 3. The minimum Gasteiger partial charge on any atom is -0.325 e. The molecule has 0 saturated heterocycles. The number of hydrogen-bond acceptors (Lipinski definition) is 5. The quantitative estimate of drug-likeness (QED) is 0.676. The van der Waals surface area contributed by atoms with Crippen molar-refractivity contribution in [1.29, 1.82) is 0 Å². The first-order chi connectivity index (χ1) is 12.2. The molecule has 0 atom stereocenters. The molecule has 2 heterocycles. The smallest absolute Gasteiger partial charge is 0.325 e. The van der Waals surface area contributed by atoms with Gasteiger partial charge in [-0.1, -0.05) is 17.8 Å². The molecule has 2 aromatic heterocycles. The summed E-state index contributed by atoms with van der Waals surface area (Å²) in [6.45, 7) is 1.69. The van der Waals surface area contributed by atoms with Gasteiger partial charge in [-0.15, -0.1) is 10.2 Å². The number of fused-ring (bicyclic) bond motifs is 1. The van der Waals surface area contributed by atoms with E-state index in [-0.39, 0.29) is 22.8 Å². The zero-order valence-corrected chi connectivity index (χ0v) is 14.1. The van der Waals surface area contributed by atoms with Gasteiger partial charge in [0.15, 0.2) is 5.16 Å². The first-order valence-corrected chi connectivity index (χ1v) is 8.27. The molecule has 0 unspecified atom stereocenters. The maximum absolute atomic E-state index is 12.7. The van der Waals surface area contributed by atoms with Crippen molar-refractivity contribution >= 4 is 29.1 Å². The van der Waals surface area contributed by atoms with Crippen LogP contribution in [0.5, 0.6) is 0 Å². The van der Waals surface area contributed by atoms with Crippen molar-refractivity contribution < 1.29 is 18.0 Å². The lowest BCUT2D eigenvalue weighted by molar-refractivity contribution is -0.137. The first kappa shape index (κ1) is 18.0. The lowest BCUT2D eigenvalue weighted by Crippen LogP contribution is -2.15. The molecular formula is C15H12F3N5O2S. The van der Waals surface area contributed by atoms with Gasteiger partial charge in [0.05, 0.1) is 11.3 Å². The van der Waals surface area contributed by atoms with E-state index in [0.29, 0.717) is 10.9 Å². The Morgan fingerprint density at radius 1 is 1.31 bits per heavy atom. The van der Waals surface area contributed by atoms with Gasteiger partial charge in [0.25, 0.3) is 5.56 Å². The summed E-state index contributed by atoms with van der Waals surface area (Å²) < 4.78 is 39.7. The summed E-state index contributed by atoms with van der Waals surface area (Å²) in [5.74, 6) is -0.334. The van der Waals surface area contributed by atoms with E-state index in [1.807, 2.05) is 0 Å². The second-order valence-electron chi connectivity index (χ2n) is 5.33. The molecule has 26 heavy (non-hydrogen) atoms. The molecule has 1 aromatic carbocycles. The van der Waals surface area contributed by atoms with E-state index in [4.69, 9.17) is 0 Å². The maximum Gasteiger partial charge on any atom is 0.416 e. The SMILES string of the molecule is Cc1cc(=O)[nH]c2nnc(SCC(=O)Nc3cccc(C(F)(F)F)c3)n12. The standard InChI is InChI=1S/C15H12F3N5O2S/c1-8-5-11(24)20-13-21-22-14(23(8)13)26-7-12(25)19-10-4-2-3-9(6-10)15(16,17)18/h2-6H,7H2,1H3,(H,19,25)(H,20,21,24). The summed E-state index contributed by atoms with van der Waals surface area (Å²) >= 11 is 1.05. The Morgan fingerprint density at radius 3 is 2.81 bits per heavy atom. The minimum atomic E-state index is -4.48. The molecule has 0 aliphatic carbocycles. The molecule has 3 aromatic rings. The van der Waals surface area contributed by atoms with Crippen molar-refractivity contribution in [3.63, 3.8) is 0 Å². The molecule has 7 nitrogen and oxygen atoms in total. The Labute approximate surface area is 148 Å². The summed E-state index contributed by atoms with van der Waals surface area (Å²) in [7, 11) is 0. The van der Waals surface area contributed by atoms with Crippen LogP contribution in [0.25, 0.3) is 5.78 Å². The topological polar surface area (TPSA) is 92.2 Å². The van der Waals surface area contributed by atoms with E-state index in [9.17, 15) is 22.8 Å². The number of hydrogen-bond donors (Lipinski definition) is 2. The Morgan fingerprint density at radius 2 is 2.08 bits per heavy atom. The lowest BCUT2D eigenvalue weighted by Gasteiger charge is -2.09. The van der Waals surface area contributed by atoms with Crippen LogP contribution >= 0.6 is 11.8 Å². The van der Waals surface area contributed by atoms with Crippen LogP contribution in [0.15, 0.2) is 40.3 Å². The molecule has 0 aliphatic heterocycles. The number of carbonyl (C=O) groups excluding carboxylic acids is 1. The number of aromatic nitrogens is 4. The zero-order valence-electron chi connectivity index (χ0n) is 13.3. The second-order valence-corrected chi connectivity index (χ2v) is 6.27. The van der Waals surface area contributed by atoms with Crippen LogP contribution in [0, 0.1) is 6.92 Å². The summed E-state index contributed by atoms with van der Waals surface area (Å²) in [5, 5.41) is 10.5. The van der Waals surface area contributed by atoms with Crippen molar-refractivity contribution in [1.82, 2.24) is 19.6 Å². The van der Waals surface area contributed by atoms with Gasteiger partial charge in [-0.2, -0.15) is 13.2 Å². The summed E-state index contributed by atoms with van der Waals surface area (Å²) in [6.07, 6.45) is -4.48. The predicted octanol–water partition coefficient (Wildman–Crippen LogP) is 2.48. The molecule has 0 saturated carbocycles. The molecule has 0 radical (unpaired) electrons. The van der Waals surface area contributed by atoms with Gasteiger partial charge in [-0.25, -0.2) is 0 Å². The van der Waals surface area contributed by atoms with E-state index in [2.05, 4.69) is 20.5 Å². The fraction of sp³-hybridized carbons (Fsp3) is 0.200. The van der Waals surface area contributed by atoms with Crippen molar-refractivity contribution in [3.05, 3.63) is 51.9 Å². The highest BCUT2D eigenvalue weighted by molar-refractivity contribution is 7.99. The van der Waals surface area contributed by atoms with Crippen LogP contribution in [0.1, 0.15) is 11.3 Å². The number of anilines is 1. The summed E-state index contributed by atoms with van der Waals surface area (Å²) in [6, 6.07) is 5.75. The minimum absolute atomic E-state index is 0.0528. The van der Waals surface area contributed by atoms with E-state index in [0.717, 1.165) is 23.9 Å². The number of rotatable bonds is 4. The van der Waals surface area contributed by atoms with E-state index < -0.39 is 17.6 Å². The fourth-order valence-electron chi connectivity index (χ4n) is 2.26. The Balaban J connectivity index is 1.70. The fourth-order valence-corrected chi connectivity index (χ4v) is 3.05. The molecule has 0 bridgehead atoms. The molecular weight excluding hydrogens is 371 g/mol. The number of carbonyl (C=O) groups is 1. The Hall–Kier alpha value is -2.82. The number of halogens is 3. The van der Waals surface area contributed by atoms with E-state index >= 15 is 0 Å². The molecule has 0 aliphatic rings. The average Bonchev–Trinajstić information content (AvgIpc) is 2.95. The molecule has 1 amide bonds. The van der Waals surface area contributed by atoms with Gasteiger partial charge in [0, 0.05) is 17.4 Å². The van der Waals surface area contributed by atoms with Crippen molar-refractivity contribution in [3.8, 4) is 0 Å². The third kappa shape index (κ3) is 3.87. The van der Waals surface area contributed by atoms with Gasteiger partial charge in [0.1, 0.15) is 0 Å². The summed E-state index contributed by atoms with van der Waals surface area (Å²) in [5.41, 5.74) is -0.515. The van der Waals surface area contributed by atoms with Crippen LogP contribution in [0.3, 0.4) is 0 Å². The van der Waals surface area contributed by atoms with E-state index in [1.165, 1.54) is 18.2 Å². The van der Waals surface area contributed by atoms with Crippen LogP contribution in [-0.4, -0.2) is 31.2 Å². The molecule has 3 rings (SSSR count). The molecule has 2 N–H and O–H groups in total. The number of aromatic amines is 1. The Kier molecular flexibility index (Phi) is 4.72. The maximum atomic E-state index is 12.7. The average molecular weight is 383 g/mol. The number of H-pyrrole nitrogens is 1. The van der Waals surface area contributed by atoms with Crippen LogP contribution in [0.4, 0.5) is 18.9 Å². The predicted molar refractivity (Wildman–Crippen MR) is 89.1 cm³/mol. The lowest BCUT2D eigenvalue weighted by atomic mass is 10.2. The summed E-state index contributed by atoms with van der Waals surface area (Å²) in [4.78, 5) is 25.9. The van der Waals surface area contributed by atoms with Gasteiger partial charge in [-0.05, 0) is 25.1 Å². The normalized spacial score (nSPS) is 11.7. The molecule has 0 fully saturated rings. The number of benzene rings is 1. The number of nitrogens with one attached hydrogen (secondary N) is 2. The highest BCUT2D eigenvalue weighted by atomic mass is 32.2. The third-order valence-corrected chi connectivity index (χ3v) is 4.30. The van der Waals surface area contributed by atoms with Crippen molar-refractivity contribution in [2.45, 2.75) is 18.3 Å². The van der Waals surface area contributed by atoms with E-state index in [1.54, 1.807) is 11.3 Å². The van der Waals surface area contributed by atoms with Crippen molar-refractivity contribution in [2.75, 3.05) is 11.1 Å².